The van der Waals surface area contributed by atoms with Gasteiger partial charge in [0.25, 0.3) is 0 Å². The van der Waals surface area contributed by atoms with E-state index in [4.69, 9.17) is 9.47 Å². The molecule has 0 fully saturated rings. The second-order valence-electron chi connectivity index (χ2n) is 11.1. The van der Waals surface area contributed by atoms with Crippen molar-refractivity contribution in [3.05, 3.63) is 29.8 Å². The fourth-order valence-electron chi connectivity index (χ4n) is 3.61. The van der Waals surface area contributed by atoms with E-state index in [-0.39, 0.29) is 36.2 Å². The Morgan fingerprint density at radius 3 is 2.31 bits per heavy atom. The van der Waals surface area contributed by atoms with E-state index in [1.165, 1.54) is 25.3 Å². The third kappa shape index (κ3) is 14.0. The van der Waals surface area contributed by atoms with Crippen LogP contribution in [0.3, 0.4) is 0 Å². The predicted octanol–water partition coefficient (Wildman–Crippen LogP) is 2.19. The molecule has 234 valence electrons. The van der Waals surface area contributed by atoms with Crippen LogP contribution in [0.1, 0.15) is 72.8 Å². The average molecular weight is 591 g/mol. The molecule has 1 aromatic carbocycles. The third-order valence-corrected chi connectivity index (χ3v) is 5.84. The van der Waals surface area contributed by atoms with E-state index in [0.29, 0.717) is 12.1 Å². The van der Waals surface area contributed by atoms with Crippen molar-refractivity contribution < 1.29 is 38.6 Å². The Kier molecular flexibility index (Phi) is 15.1. The van der Waals surface area contributed by atoms with Gasteiger partial charge in [0, 0.05) is 19.0 Å². The number of phenols is 1. The Labute approximate surface area is 248 Å². The summed E-state index contributed by atoms with van der Waals surface area (Å²) in [5.74, 6) is -2.85. The lowest BCUT2D eigenvalue weighted by atomic mass is 10.0. The summed E-state index contributed by atoms with van der Waals surface area (Å²) in [4.78, 5) is 63.0. The van der Waals surface area contributed by atoms with Crippen molar-refractivity contribution in [3.8, 4) is 11.5 Å². The van der Waals surface area contributed by atoms with E-state index >= 15 is 0 Å². The summed E-state index contributed by atoms with van der Waals surface area (Å²) in [5, 5.41) is 20.1. The van der Waals surface area contributed by atoms with E-state index in [2.05, 4.69) is 21.3 Å². The first kappa shape index (κ1) is 35.9. The maximum atomic E-state index is 13.2. The summed E-state index contributed by atoms with van der Waals surface area (Å²) in [6.45, 7) is 10.7. The highest BCUT2D eigenvalue weighted by atomic mass is 16.6. The summed E-state index contributed by atoms with van der Waals surface area (Å²) in [6.07, 6.45) is 4.49. The molecule has 0 heterocycles. The standard InChI is InChI=1S/C30H46N4O8/c1-8-9-16-31-24(36)15-12-21(29(40)42-30(4,5)6)33-28(39)27(19(2)3)34-26(38)18-32-25(37)14-11-20-10-13-22(35)23(17-20)41-7/h10-11,13-14,17,19,21,27,35H,8-9,12,15-16,18H2,1-7H3,(H,31,36)(H,32,37)(H,33,39)(H,34,38)/b14-11+/t21-,27+/m1/s1. The maximum absolute atomic E-state index is 13.2. The second kappa shape index (κ2) is 17.7. The number of esters is 1. The topological polar surface area (TPSA) is 172 Å². The van der Waals surface area contributed by atoms with Crippen molar-refractivity contribution in [2.75, 3.05) is 20.2 Å². The Hall–Kier alpha value is -4.09. The number of hydrogen-bond donors (Lipinski definition) is 5. The van der Waals surface area contributed by atoms with Gasteiger partial charge in [0.2, 0.25) is 23.6 Å². The maximum Gasteiger partial charge on any atom is 0.329 e. The van der Waals surface area contributed by atoms with Gasteiger partial charge in [-0.3, -0.25) is 19.2 Å². The number of rotatable bonds is 16. The van der Waals surface area contributed by atoms with Crippen molar-refractivity contribution in [1.82, 2.24) is 21.3 Å². The number of phenolic OH excluding ortho intramolecular Hbond substituents is 1. The van der Waals surface area contributed by atoms with E-state index < -0.39 is 47.9 Å². The highest BCUT2D eigenvalue weighted by molar-refractivity contribution is 5.96. The summed E-state index contributed by atoms with van der Waals surface area (Å²) >= 11 is 0. The number of carbonyl (C=O) groups excluding carboxylic acids is 5. The fourth-order valence-corrected chi connectivity index (χ4v) is 3.61. The zero-order valence-electron chi connectivity index (χ0n) is 25.7. The average Bonchev–Trinajstić information content (AvgIpc) is 2.91. The molecule has 4 amide bonds. The van der Waals surface area contributed by atoms with Gasteiger partial charge in [-0.25, -0.2) is 4.79 Å². The smallest absolute Gasteiger partial charge is 0.329 e. The largest absolute Gasteiger partial charge is 0.504 e. The third-order valence-electron chi connectivity index (χ3n) is 5.84. The van der Waals surface area contributed by atoms with Gasteiger partial charge >= 0.3 is 5.97 Å². The number of hydrogen-bond acceptors (Lipinski definition) is 8. The molecule has 42 heavy (non-hydrogen) atoms. The number of methoxy groups -OCH3 is 1. The van der Waals surface area contributed by atoms with Crippen LogP contribution in [0.25, 0.3) is 6.08 Å². The van der Waals surface area contributed by atoms with Gasteiger partial charge in [-0.15, -0.1) is 0 Å². The van der Waals surface area contributed by atoms with Gasteiger partial charge in [0.15, 0.2) is 11.5 Å². The van der Waals surface area contributed by atoms with Crippen LogP contribution in [-0.4, -0.2) is 72.6 Å². The molecule has 12 nitrogen and oxygen atoms in total. The summed E-state index contributed by atoms with van der Waals surface area (Å²) in [7, 11) is 1.41. The zero-order valence-corrected chi connectivity index (χ0v) is 25.7. The van der Waals surface area contributed by atoms with Gasteiger partial charge in [-0.05, 0) is 63.3 Å². The van der Waals surface area contributed by atoms with Crippen LogP contribution < -0.4 is 26.0 Å². The van der Waals surface area contributed by atoms with Crippen LogP contribution in [0.15, 0.2) is 24.3 Å². The van der Waals surface area contributed by atoms with E-state index in [0.717, 1.165) is 12.8 Å². The Balaban J connectivity index is 2.80. The van der Waals surface area contributed by atoms with Gasteiger partial charge < -0.3 is 35.8 Å². The normalized spacial score (nSPS) is 12.8. The molecule has 0 radical (unpaired) electrons. The molecule has 1 rings (SSSR count). The first-order chi connectivity index (χ1) is 19.7. The molecule has 0 spiro atoms. The van der Waals surface area contributed by atoms with Crippen molar-refractivity contribution >= 4 is 35.7 Å². The molecule has 5 N–H and O–H groups in total. The number of amides is 4. The minimum atomic E-state index is -1.10. The first-order valence-corrected chi connectivity index (χ1v) is 14.1. The molecule has 2 atom stereocenters. The zero-order chi connectivity index (χ0) is 31.9. The van der Waals surface area contributed by atoms with E-state index in [1.807, 2.05) is 6.92 Å². The SMILES string of the molecule is CCCCNC(=O)CC[C@@H](NC(=O)[C@@H](NC(=O)CNC(=O)/C=C/c1ccc(O)c(OC)c1)C(C)C)C(=O)OC(C)(C)C. The number of carbonyl (C=O) groups is 5. The summed E-state index contributed by atoms with van der Waals surface area (Å²) < 4.78 is 10.5. The van der Waals surface area contributed by atoms with Crippen molar-refractivity contribution in [2.24, 2.45) is 5.92 Å². The van der Waals surface area contributed by atoms with Crippen LogP contribution in [0, 0.1) is 5.92 Å². The Morgan fingerprint density at radius 2 is 1.71 bits per heavy atom. The number of benzene rings is 1. The summed E-state index contributed by atoms with van der Waals surface area (Å²) in [6, 6.07) is 2.44. The van der Waals surface area contributed by atoms with E-state index in [9.17, 15) is 29.1 Å². The van der Waals surface area contributed by atoms with Crippen molar-refractivity contribution in [2.45, 2.75) is 84.9 Å². The lowest BCUT2D eigenvalue weighted by molar-refractivity contribution is -0.159. The molecule has 0 unspecified atom stereocenters. The second-order valence-corrected chi connectivity index (χ2v) is 11.1. The highest BCUT2D eigenvalue weighted by Gasteiger charge is 2.31. The van der Waals surface area contributed by atoms with E-state index in [1.54, 1.807) is 46.8 Å². The molecule has 0 aliphatic carbocycles. The molecular weight excluding hydrogens is 544 g/mol. The van der Waals surface area contributed by atoms with Gasteiger partial charge in [-0.1, -0.05) is 33.3 Å². The molecule has 0 aromatic heterocycles. The molecule has 0 saturated carbocycles. The molecule has 0 aliphatic heterocycles. The van der Waals surface area contributed by atoms with Crippen LogP contribution in [0.5, 0.6) is 11.5 Å². The van der Waals surface area contributed by atoms with Gasteiger partial charge in [0.1, 0.15) is 17.7 Å². The van der Waals surface area contributed by atoms with Crippen LogP contribution in [0.2, 0.25) is 0 Å². The number of nitrogens with one attached hydrogen (secondary N) is 4. The van der Waals surface area contributed by atoms with Crippen LogP contribution >= 0.6 is 0 Å². The monoisotopic (exact) mass is 590 g/mol. The molecular formula is C30H46N4O8. The molecule has 0 bridgehead atoms. The lowest BCUT2D eigenvalue weighted by Crippen LogP contribution is -2.55. The number of aromatic hydroxyl groups is 1. The minimum Gasteiger partial charge on any atom is -0.504 e. The van der Waals surface area contributed by atoms with Crippen LogP contribution in [-0.2, 0) is 28.7 Å². The lowest BCUT2D eigenvalue weighted by Gasteiger charge is -2.27. The molecule has 0 aliphatic rings. The quantitative estimate of drug-likeness (QED) is 0.111. The van der Waals surface area contributed by atoms with Crippen LogP contribution in [0.4, 0.5) is 0 Å². The number of ether oxygens (including phenoxy) is 2. The number of unbranched alkanes of at least 4 members (excludes halogenated alkanes) is 1. The summed E-state index contributed by atoms with van der Waals surface area (Å²) in [5.41, 5.74) is -0.213. The Morgan fingerprint density at radius 1 is 1.02 bits per heavy atom. The minimum absolute atomic E-state index is 0.00306. The van der Waals surface area contributed by atoms with Gasteiger partial charge in [0.05, 0.1) is 13.7 Å². The van der Waals surface area contributed by atoms with Gasteiger partial charge in [-0.2, -0.15) is 0 Å². The Bertz CT molecular complexity index is 1110. The van der Waals surface area contributed by atoms with Crippen molar-refractivity contribution in [1.29, 1.82) is 0 Å². The van der Waals surface area contributed by atoms with Crippen molar-refractivity contribution in [3.63, 3.8) is 0 Å². The molecule has 0 saturated heterocycles. The highest BCUT2D eigenvalue weighted by Crippen LogP contribution is 2.26. The fraction of sp³-hybridized carbons (Fsp3) is 0.567. The first-order valence-electron chi connectivity index (χ1n) is 14.1. The predicted molar refractivity (Wildman–Crippen MR) is 158 cm³/mol. The molecule has 12 heteroatoms. The molecule has 1 aromatic rings.